The fraction of sp³-hybridized carbons (Fsp3) is 0.105. The second-order valence-corrected chi connectivity index (χ2v) is 5.18. The molecule has 2 aromatic heterocycles. The number of aliphatic hydroxyl groups excluding tert-OH is 1. The minimum atomic E-state index is -0.289. The molecule has 0 saturated heterocycles. The molecule has 25 heavy (non-hydrogen) atoms. The number of aliphatic hydroxyl groups is 1. The first-order chi connectivity index (χ1) is 12.2. The van der Waals surface area contributed by atoms with Crippen molar-refractivity contribution < 1.29 is 23.5 Å². The standard InChI is InChI=1S/C19H17NO5/c1-23-17-7-4-13(11-16(17)18-8-5-15(12-21)25-18)20-19(22)9-6-14-3-2-10-24-14/h2-11,21H,12H2,1H3,(H,20,22)/b9-6+. The molecule has 0 radical (unpaired) electrons. The number of anilines is 1. The minimum Gasteiger partial charge on any atom is -0.496 e. The van der Waals surface area contributed by atoms with Gasteiger partial charge in [0.05, 0.1) is 18.9 Å². The van der Waals surface area contributed by atoms with Gasteiger partial charge in [-0.25, -0.2) is 0 Å². The Morgan fingerprint density at radius 2 is 2.16 bits per heavy atom. The highest BCUT2D eigenvalue weighted by Gasteiger charge is 2.12. The average molecular weight is 339 g/mol. The van der Waals surface area contributed by atoms with Gasteiger partial charge in [0.15, 0.2) is 0 Å². The van der Waals surface area contributed by atoms with Crippen LogP contribution in [0.1, 0.15) is 11.5 Å². The van der Waals surface area contributed by atoms with Gasteiger partial charge in [-0.3, -0.25) is 4.79 Å². The van der Waals surface area contributed by atoms with Crippen LogP contribution >= 0.6 is 0 Å². The molecule has 1 amide bonds. The van der Waals surface area contributed by atoms with Crippen molar-refractivity contribution >= 4 is 17.7 Å². The summed E-state index contributed by atoms with van der Waals surface area (Å²) in [6.45, 7) is -0.184. The van der Waals surface area contributed by atoms with E-state index in [2.05, 4.69) is 5.32 Å². The molecule has 6 heteroatoms. The normalized spacial score (nSPS) is 11.0. The van der Waals surface area contributed by atoms with E-state index in [1.54, 1.807) is 55.7 Å². The molecular weight excluding hydrogens is 322 g/mol. The van der Waals surface area contributed by atoms with Crippen molar-refractivity contribution in [3.8, 4) is 17.1 Å². The predicted octanol–water partition coefficient (Wildman–Crippen LogP) is 3.69. The molecule has 3 aromatic rings. The van der Waals surface area contributed by atoms with Crippen molar-refractivity contribution in [2.24, 2.45) is 0 Å². The first-order valence-electron chi connectivity index (χ1n) is 7.60. The van der Waals surface area contributed by atoms with E-state index in [4.69, 9.17) is 18.7 Å². The summed E-state index contributed by atoms with van der Waals surface area (Å²) in [6, 6.07) is 12.1. The molecule has 128 valence electrons. The number of carbonyl (C=O) groups is 1. The van der Waals surface area contributed by atoms with Crippen LogP contribution in [0.2, 0.25) is 0 Å². The zero-order valence-corrected chi connectivity index (χ0v) is 13.6. The highest BCUT2D eigenvalue weighted by atomic mass is 16.5. The number of hydrogen-bond acceptors (Lipinski definition) is 5. The molecule has 2 heterocycles. The number of hydrogen-bond donors (Lipinski definition) is 2. The van der Waals surface area contributed by atoms with Crippen molar-refractivity contribution in [3.05, 3.63) is 66.3 Å². The summed E-state index contributed by atoms with van der Waals surface area (Å²) < 4.78 is 16.0. The van der Waals surface area contributed by atoms with Crippen molar-refractivity contribution in [1.29, 1.82) is 0 Å². The summed E-state index contributed by atoms with van der Waals surface area (Å²) in [5, 5.41) is 11.9. The van der Waals surface area contributed by atoms with Gasteiger partial charge in [0, 0.05) is 11.8 Å². The van der Waals surface area contributed by atoms with Gasteiger partial charge in [0.2, 0.25) is 5.91 Å². The lowest BCUT2D eigenvalue weighted by Crippen LogP contribution is -2.07. The highest BCUT2D eigenvalue weighted by molar-refractivity contribution is 6.02. The van der Waals surface area contributed by atoms with E-state index >= 15 is 0 Å². The van der Waals surface area contributed by atoms with Gasteiger partial charge in [0.25, 0.3) is 0 Å². The van der Waals surface area contributed by atoms with E-state index in [9.17, 15) is 4.79 Å². The first kappa shape index (κ1) is 16.6. The number of benzene rings is 1. The van der Waals surface area contributed by atoms with Crippen LogP contribution in [0.5, 0.6) is 5.75 Å². The van der Waals surface area contributed by atoms with Gasteiger partial charge in [0.1, 0.15) is 29.6 Å². The highest BCUT2D eigenvalue weighted by Crippen LogP contribution is 2.33. The van der Waals surface area contributed by atoms with Gasteiger partial charge >= 0.3 is 0 Å². The van der Waals surface area contributed by atoms with Crippen LogP contribution in [0, 0.1) is 0 Å². The monoisotopic (exact) mass is 339 g/mol. The number of furan rings is 2. The maximum Gasteiger partial charge on any atom is 0.248 e. The molecule has 3 rings (SSSR count). The molecule has 0 spiro atoms. The minimum absolute atomic E-state index is 0.184. The van der Waals surface area contributed by atoms with Crippen molar-refractivity contribution in [3.63, 3.8) is 0 Å². The molecule has 0 bridgehead atoms. The number of ether oxygens (including phenoxy) is 1. The van der Waals surface area contributed by atoms with Crippen LogP contribution in [-0.2, 0) is 11.4 Å². The van der Waals surface area contributed by atoms with Gasteiger partial charge in [-0.05, 0) is 48.5 Å². The molecule has 0 aliphatic carbocycles. The molecule has 6 nitrogen and oxygen atoms in total. The smallest absolute Gasteiger partial charge is 0.248 e. The third-order valence-electron chi connectivity index (χ3n) is 3.49. The molecule has 1 aromatic carbocycles. The first-order valence-corrected chi connectivity index (χ1v) is 7.60. The lowest BCUT2D eigenvalue weighted by Gasteiger charge is -2.09. The quantitative estimate of drug-likeness (QED) is 0.669. The predicted molar refractivity (Wildman–Crippen MR) is 93.0 cm³/mol. The molecule has 0 atom stereocenters. The van der Waals surface area contributed by atoms with E-state index in [-0.39, 0.29) is 12.5 Å². The fourth-order valence-corrected chi connectivity index (χ4v) is 2.31. The SMILES string of the molecule is COc1ccc(NC(=O)/C=C/c2ccco2)cc1-c1ccc(CO)o1. The molecule has 2 N–H and O–H groups in total. The zero-order valence-electron chi connectivity index (χ0n) is 13.6. The molecule has 0 saturated carbocycles. The topological polar surface area (TPSA) is 84.8 Å². The van der Waals surface area contributed by atoms with Gasteiger partial charge in [-0.15, -0.1) is 0 Å². The van der Waals surface area contributed by atoms with Crippen molar-refractivity contribution in [2.45, 2.75) is 6.61 Å². The third-order valence-corrected chi connectivity index (χ3v) is 3.49. The molecule has 0 aliphatic rings. The third kappa shape index (κ3) is 3.99. The number of nitrogens with one attached hydrogen (secondary N) is 1. The number of carbonyl (C=O) groups excluding carboxylic acids is 1. The Labute approximate surface area is 144 Å². The molecular formula is C19H17NO5. The van der Waals surface area contributed by atoms with Crippen LogP contribution < -0.4 is 10.1 Å². The van der Waals surface area contributed by atoms with Crippen LogP contribution in [0.25, 0.3) is 17.4 Å². The molecule has 0 fully saturated rings. The largest absolute Gasteiger partial charge is 0.496 e. The lowest BCUT2D eigenvalue weighted by atomic mass is 10.1. The van der Waals surface area contributed by atoms with Gasteiger partial charge in [-0.1, -0.05) is 0 Å². The fourth-order valence-electron chi connectivity index (χ4n) is 2.31. The number of methoxy groups -OCH3 is 1. The Morgan fingerprint density at radius 3 is 2.84 bits per heavy atom. The van der Waals surface area contributed by atoms with Crippen LogP contribution in [0.3, 0.4) is 0 Å². The lowest BCUT2D eigenvalue weighted by molar-refractivity contribution is -0.111. The summed E-state index contributed by atoms with van der Waals surface area (Å²) >= 11 is 0. The number of amides is 1. The summed E-state index contributed by atoms with van der Waals surface area (Å²) in [6.07, 6.45) is 4.51. The Hall–Kier alpha value is -3.25. The molecule has 0 unspecified atom stereocenters. The van der Waals surface area contributed by atoms with Crippen molar-refractivity contribution in [2.75, 3.05) is 12.4 Å². The summed E-state index contributed by atoms with van der Waals surface area (Å²) in [7, 11) is 1.55. The van der Waals surface area contributed by atoms with Crippen LogP contribution in [-0.4, -0.2) is 18.1 Å². The van der Waals surface area contributed by atoms with E-state index in [0.29, 0.717) is 34.3 Å². The van der Waals surface area contributed by atoms with Gasteiger partial charge in [-0.2, -0.15) is 0 Å². The van der Waals surface area contributed by atoms with E-state index in [1.807, 2.05) is 0 Å². The number of rotatable bonds is 6. The van der Waals surface area contributed by atoms with E-state index in [0.717, 1.165) is 0 Å². The Kier molecular flexibility index (Phi) is 5.01. The summed E-state index contributed by atoms with van der Waals surface area (Å²) in [5.74, 6) is 1.90. The molecule has 0 aliphatic heterocycles. The Bertz CT molecular complexity index is 877. The average Bonchev–Trinajstić information content (AvgIpc) is 3.31. The maximum atomic E-state index is 12.0. The zero-order chi connectivity index (χ0) is 17.6. The van der Waals surface area contributed by atoms with Crippen LogP contribution in [0.4, 0.5) is 5.69 Å². The van der Waals surface area contributed by atoms with Crippen LogP contribution in [0.15, 0.2) is 63.6 Å². The van der Waals surface area contributed by atoms with Gasteiger partial charge < -0.3 is 24.0 Å². The Balaban J connectivity index is 1.80. The Morgan fingerprint density at radius 1 is 1.28 bits per heavy atom. The summed E-state index contributed by atoms with van der Waals surface area (Å²) in [4.78, 5) is 12.0. The van der Waals surface area contributed by atoms with E-state index in [1.165, 1.54) is 12.3 Å². The second kappa shape index (κ2) is 7.55. The van der Waals surface area contributed by atoms with E-state index < -0.39 is 0 Å². The van der Waals surface area contributed by atoms with Crippen molar-refractivity contribution in [1.82, 2.24) is 0 Å². The summed E-state index contributed by atoms with van der Waals surface area (Å²) in [5.41, 5.74) is 1.27. The maximum absolute atomic E-state index is 12.0. The second-order valence-electron chi connectivity index (χ2n) is 5.18.